The van der Waals surface area contributed by atoms with Crippen molar-refractivity contribution in [2.45, 2.75) is 20.8 Å². The lowest BCUT2D eigenvalue weighted by molar-refractivity contribution is -0.125. The van der Waals surface area contributed by atoms with Crippen molar-refractivity contribution in [3.63, 3.8) is 0 Å². The Labute approximate surface area is 187 Å². The third kappa shape index (κ3) is 6.89. The zero-order chi connectivity index (χ0) is 23.1. The Morgan fingerprint density at radius 3 is 2.06 bits per heavy atom. The third-order valence-electron chi connectivity index (χ3n) is 5.29. The molecule has 1 aromatic carbocycles. The van der Waals surface area contributed by atoms with Crippen LogP contribution >= 0.6 is 0 Å². The minimum atomic E-state index is -0.256. The maximum atomic E-state index is 12.2. The molecule has 3 amide bonds. The van der Waals surface area contributed by atoms with E-state index in [4.69, 9.17) is 4.52 Å². The summed E-state index contributed by atoms with van der Waals surface area (Å²) < 4.78 is 4.93. The van der Waals surface area contributed by atoms with Crippen LogP contribution in [0.3, 0.4) is 0 Å². The summed E-state index contributed by atoms with van der Waals surface area (Å²) in [7, 11) is 0. The number of benzene rings is 1. The second kappa shape index (κ2) is 10.9. The highest BCUT2D eigenvalue weighted by molar-refractivity contribution is 5.96. The minimum Gasteiger partial charge on any atom is -0.360 e. The molecular weight excluding hydrogens is 412 g/mol. The predicted octanol–water partition coefficient (Wildman–Crippen LogP) is 0.911. The average molecular weight is 443 g/mol. The fourth-order valence-corrected chi connectivity index (χ4v) is 3.55. The molecule has 172 valence electrons. The van der Waals surface area contributed by atoms with Crippen LogP contribution in [0.2, 0.25) is 0 Å². The number of piperazine rings is 1. The molecule has 2 heterocycles. The van der Waals surface area contributed by atoms with Crippen molar-refractivity contribution in [3.8, 4) is 0 Å². The van der Waals surface area contributed by atoms with Gasteiger partial charge in [0.1, 0.15) is 5.76 Å². The number of amides is 3. The number of nitrogens with one attached hydrogen (secondary N) is 3. The topological polar surface area (TPSA) is 120 Å². The van der Waals surface area contributed by atoms with Gasteiger partial charge in [-0.15, -0.1) is 0 Å². The molecule has 1 aromatic heterocycles. The number of hydrogen-bond acceptors (Lipinski definition) is 7. The standard InChI is InChI=1S/C22H30N6O4/c1-15-5-4-6-16(2)22(15)25-19(29)12-23-20(30)13-27-7-9-28(10-8-27)14-21(31)24-18-11-17(3)32-26-18/h4-6,11H,7-10,12-14H2,1-3H3,(H,23,30)(H,25,29)(H,24,26,31). The minimum absolute atomic E-state index is 0.0751. The molecule has 32 heavy (non-hydrogen) atoms. The van der Waals surface area contributed by atoms with Gasteiger partial charge in [-0.2, -0.15) is 0 Å². The Morgan fingerprint density at radius 2 is 1.50 bits per heavy atom. The SMILES string of the molecule is Cc1cc(NC(=O)CN2CCN(CC(=O)NCC(=O)Nc3c(C)cccc3C)CC2)no1. The summed E-state index contributed by atoms with van der Waals surface area (Å²) in [6.07, 6.45) is 0. The number of carbonyl (C=O) groups is 3. The van der Waals surface area contributed by atoms with E-state index in [0.29, 0.717) is 37.8 Å². The van der Waals surface area contributed by atoms with Gasteiger partial charge in [-0.25, -0.2) is 0 Å². The van der Waals surface area contributed by atoms with Crippen LogP contribution in [-0.4, -0.2) is 78.5 Å². The number of rotatable bonds is 8. The summed E-state index contributed by atoms with van der Waals surface area (Å²) in [5, 5.41) is 12.0. The van der Waals surface area contributed by atoms with Crippen LogP contribution in [0.4, 0.5) is 11.5 Å². The lowest BCUT2D eigenvalue weighted by Crippen LogP contribution is -2.51. The van der Waals surface area contributed by atoms with E-state index in [1.165, 1.54) is 0 Å². The Hall–Kier alpha value is -3.24. The van der Waals surface area contributed by atoms with E-state index in [1.54, 1.807) is 13.0 Å². The van der Waals surface area contributed by atoms with Crippen LogP contribution < -0.4 is 16.0 Å². The molecule has 0 spiro atoms. The van der Waals surface area contributed by atoms with E-state index in [2.05, 4.69) is 21.1 Å². The normalized spacial score (nSPS) is 14.7. The monoisotopic (exact) mass is 442 g/mol. The van der Waals surface area contributed by atoms with Gasteiger partial charge in [0.05, 0.1) is 19.6 Å². The molecule has 1 aliphatic rings. The first kappa shape index (κ1) is 23.4. The predicted molar refractivity (Wildman–Crippen MR) is 120 cm³/mol. The molecule has 0 unspecified atom stereocenters. The summed E-state index contributed by atoms with van der Waals surface area (Å²) in [4.78, 5) is 40.6. The lowest BCUT2D eigenvalue weighted by atomic mass is 10.1. The maximum Gasteiger partial charge on any atom is 0.243 e. The second-order valence-corrected chi connectivity index (χ2v) is 8.01. The third-order valence-corrected chi connectivity index (χ3v) is 5.29. The Bertz CT molecular complexity index is 945. The number of carbonyl (C=O) groups excluding carboxylic acids is 3. The van der Waals surface area contributed by atoms with Gasteiger partial charge in [0.25, 0.3) is 0 Å². The number of para-hydroxylation sites is 1. The molecule has 10 heteroatoms. The quantitative estimate of drug-likeness (QED) is 0.556. The molecule has 0 bridgehead atoms. The van der Waals surface area contributed by atoms with E-state index in [1.807, 2.05) is 41.8 Å². The fraction of sp³-hybridized carbons (Fsp3) is 0.455. The Kier molecular flexibility index (Phi) is 7.96. The van der Waals surface area contributed by atoms with Gasteiger partial charge in [0.15, 0.2) is 5.82 Å². The van der Waals surface area contributed by atoms with E-state index in [0.717, 1.165) is 16.8 Å². The van der Waals surface area contributed by atoms with Crippen molar-refractivity contribution in [3.05, 3.63) is 41.2 Å². The van der Waals surface area contributed by atoms with Crippen molar-refractivity contribution in [2.75, 3.05) is 56.4 Å². The molecule has 0 saturated carbocycles. The largest absolute Gasteiger partial charge is 0.360 e. The van der Waals surface area contributed by atoms with Crippen LogP contribution in [0.15, 0.2) is 28.8 Å². The van der Waals surface area contributed by atoms with E-state index in [9.17, 15) is 14.4 Å². The molecular formula is C22H30N6O4. The summed E-state index contributed by atoms with van der Waals surface area (Å²) in [5.41, 5.74) is 2.74. The number of aryl methyl sites for hydroxylation is 3. The molecule has 1 fully saturated rings. The van der Waals surface area contributed by atoms with Gasteiger partial charge in [0.2, 0.25) is 17.7 Å². The van der Waals surface area contributed by atoms with Crippen molar-refractivity contribution < 1.29 is 18.9 Å². The van der Waals surface area contributed by atoms with Crippen molar-refractivity contribution in [1.29, 1.82) is 0 Å². The van der Waals surface area contributed by atoms with Gasteiger partial charge >= 0.3 is 0 Å². The first-order valence-corrected chi connectivity index (χ1v) is 10.6. The van der Waals surface area contributed by atoms with Gasteiger partial charge in [0, 0.05) is 37.9 Å². The van der Waals surface area contributed by atoms with Crippen LogP contribution in [0.1, 0.15) is 16.9 Å². The van der Waals surface area contributed by atoms with Gasteiger partial charge in [-0.3, -0.25) is 24.2 Å². The molecule has 0 aliphatic carbocycles. The zero-order valence-electron chi connectivity index (χ0n) is 18.7. The maximum absolute atomic E-state index is 12.2. The first-order chi connectivity index (χ1) is 15.3. The number of anilines is 2. The molecule has 10 nitrogen and oxygen atoms in total. The van der Waals surface area contributed by atoms with Crippen molar-refractivity contribution in [1.82, 2.24) is 20.3 Å². The highest BCUT2D eigenvalue weighted by Gasteiger charge is 2.21. The fourth-order valence-electron chi connectivity index (χ4n) is 3.55. The van der Waals surface area contributed by atoms with Crippen molar-refractivity contribution in [2.24, 2.45) is 0 Å². The summed E-state index contributed by atoms with van der Waals surface area (Å²) >= 11 is 0. The zero-order valence-corrected chi connectivity index (χ0v) is 18.7. The lowest BCUT2D eigenvalue weighted by Gasteiger charge is -2.33. The highest BCUT2D eigenvalue weighted by Crippen LogP contribution is 2.19. The molecule has 1 saturated heterocycles. The molecule has 0 atom stereocenters. The average Bonchev–Trinajstić information content (AvgIpc) is 3.15. The summed E-state index contributed by atoms with van der Waals surface area (Å²) in [6, 6.07) is 7.46. The molecule has 3 N–H and O–H groups in total. The Morgan fingerprint density at radius 1 is 0.906 bits per heavy atom. The first-order valence-electron chi connectivity index (χ1n) is 10.6. The number of nitrogens with zero attached hydrogens (tertiary/aromatic N) is 3. The van der Waals surface area contributed by atoms with Crippen LogP contribution in [0, 0.1) is 20.8 Å². The molecule has 1 aliphatic heterocycles. The number of hydrogen-bond donors (Lipinski definition) is 3. The summed E-state index contributed by atoms with van der Waals surface area (Å²) in [6.45, 7) is 8.69. The smallest absolute Gasteiger partial charge is 0.243 e. The second-order valence-electron chi connectivity index (χ2n) is 8.01. The van der Waals surface area contributed by atoms with Gasteiger partial charge < -0.3 is 20.5 Å². The van der Waals surface area contributed by atoms with Crippen LogP contribution in [0.5, 0.6) is 0 Å². The van der Waals surface area contributed by atoms with E-state index in [-0.39, 0.29) is 37.4 Å². The highest BCUT2D eigenvalue weighted by atomic mass is 16.5. The summed E-state index contributed by atoms with van der Waals surface area (Å²) in [5.74, 6) is 0.432. The van der Waals surface area contributed by atoms with Gasteiger partial charge in [-0.05, 0) is 31.9 Å². The van der Waals surface area contributed by atoms with E-state index < -0.39 is 0 Å². The van der Waals surface area contributed by atoms with Crippen LogP contribution in [-0.2, 0) is 14.4 Å². The number of aromatic nitrogens is 1. The Balaban J connectivity index is 1.33. The molecule has 2 aromatic rings. The van der Waals surface area contributed by atoms with Crippen LogP contribution in [0.25, 0.3) is 0 Å². The van der Waals surface area contributed by atoms with E-state index >= 15 is 0 Å². The molecule has 3 rings (SSSR count). The van der Waals surface area contributed by atoms with Crippen molar-refractivity contribution >= 4 is 29.2 Å². The van der Waals surface area contributed by atoms with Gasteiger partial charge in [-0.1, -0.05) is 23.4 Å². The molecule has 0 radical (unpaired) electrons.